The number of aliphatic carboxylic acids is 1. The molecule has 45 heavy (non-hydrogen) atoms. The first-order valence-corrected chi connectivity index (χ1v) is 16.3. The fraction of sp³-hybridized carbons (Fsp3) is 0.485. The van der Waals surface area contributed by atoms with Crippen molar-refractivity contribution in [3.05, 3.63) is 57.7 Å². The van der Waals surface area contributed by atoms with E-state index in [0.717, 1.165) is 53.3 Å². The number of aromatic amines is 1. The van der Waals surface area contributed by atoms with E-state index in [2.05, 4.69) is 29.1 Å². The van der Waals surface area contributed by atoms with Gasteiger partial charge in [0, 0.05) is 49.0 Å². The molecular formula is C33H41N5O6S. The molecule has 0 bridgehead atoms. The lowest BCUT2D eigenvalue weighted by Gasteiger charge is -2.30. The Morgan fingerprint density at radius 1 is 1.16 bits per heavy atom. The summed E-state index contributed by atoms with van der Waals surface area (Å²) in [6.07, 6.45) is 8.39. The number of benzene rings is 1. The first kappa shape index (κ1) is 32.2. The van der Waals surface area contributed by atoms with E-state index < -0.39 is 17.6 Å². The summed E-state index contributed by atoms with van der Waals surface area (Å²) in [7, 11) is 3.37. The fourth-order valence-corrected chi connectivity index (χ4v) is 6.82. The van der Waals surface area contributed by atoms with E-state index in [1.807, 2.05) is 23.6 Å². The second-order valence-corrected chi connectivity index (χ2v) is 13.1. The summed E-state index contributed by atoms with van der Waals surface area (Å²) in [5, 5.41) is 15.8. The van der Waals surface area contributed by atoms with Crippen LogP contribution in [0.1, 0.15) is 64.0 Å². The number of amides is 3. The number of hydrogen-bond acceptors (Lipinski definition) is 7. The first-order chi connectivity index (χ1) is 21.5. The smallest absolute Gasteiger partial charge is 0.330 e. The molecule has 3 aromatic rings. The number of ether oxygens (including phenoxy) is 1. The summed E-state index contributed by atoms with van der Waals surface area (Å²) < 4.78 is 5.21. The number of carbonyl (C=O) groups excluding carboxylic acids is 2. The second kappa shape index (κ2) is 13.4. The Labute approximate surface area is 266 Å². The summed E-state index contributed by atoms with van der Waals surface area (Å²) in [5.74, 6) is -0.398. The lowest BCUT2D eigenvalue weighted by Crippen LogP contribution is -2.54. The number of H-pyrrole nitrogens is 1. The van der Waals surface area contributed by atoms with E-state index in [0.29, 0.717) is 37.2 Å². The molecule has 0 radical (unpaired) electrons. The Morgan fingerprint density at radius 3 is 2.67 bits per heavy atom. The topological polar surface area (TPSA) is 145 Å². The molecule has 6 rings (SSSR count). The van der Waals surface area contributed by atoms with Gasteiger partial charge >= 0.3 is 12.0 Å². The molecule has 2 aliphatic heterocycles. The molecule has 3 amide bonds. The molecule has 11 nitrogen and oxygen atoms in total. The van der Waals surface area contributed by atoms with Crippen molar-refractivity contribution in [2.75, 3.05) is 27.2 Å². The summed E-state index contributed by atoms with van der Waals surface area (Å²) in [4.78, 5) is 60.3. The molecular weight excluding hydrogens is 594 g/mol. The number of carbonyl (C=O) groups is 3. The molecule has 2 aromatic heterocycles. The molecule has 12 heteroatoms. The summed E-state index contributed by atoms with van der Waals surface area (Å²) in [6, 6.07) is 6.30. The van der Waals surface area contributed by atoms with Crippen molar-refractivity contribution in [2.45, 2.75) is 69.9 Å². The Kier molecular flexibility index (Phi) is 9.62. The minimum absolute atomic E-state index is 0.0114. The molecule has 240 valence electrons. The Morgan fingerprint density at radius 2 is 1.96 bits per heavy atom. The predicted octanol–water partition coefficient (Wildman–Crippen LogP) is 4.99. The fourth-order valence-electron chi connectivity index (χ4n) is 5.87. The van der Waals surface area contributed by atoms with E-state index in [-0.39, 0.29) is 23.3 Å². The van der Waals surface area contributed by atoms with Gasteiger partial charge in [-0.15, -0.1) is 11.3 Å². The molecule has 3 N–H and O–H groups in total. The summed E-state index contributed by atoms with van der Waals surface area (Å²) in [5.41, 5.74) is 1.35. The lowest BCUT2D eigenvalue weighted by molar-refractivity contribution is -0.144. The molecule has 1 saturated carbocycles. The van der Waals surface area contributed by atoms with Gasteiger partial charge in [-0.1, -0.05) is 26.0 Å². The third-order valence-electron chi connectivity index (χ3n) is 8.73. The lowest BCUT2D eigenvalue weighted by atomic mass is 10.1. The van der Waals surface area contributed by atoms with Crippen molar-refractivity contribution >= 4 is 40.1 Å². The van der Waals surface area contributed by atoms with Crippen molar-refractivity contribution in [3.8, 4) is 16.5 Å². The average molecular weight is 636 g/mol. The number of nitrogens with zero attached hydrogens (tertiary/aromatic N) is 3. The van der Waals surface area contributed by atoms with Crippen molar-refractivity contribution in [1.29, 1.82) is 0 Å². The van der Waals surface area contributed by atoms with Crippen LogP contribution in [0.3, 0.4) is 0 Å². The normalized spacial score (nSPS) is 24.2. The van der Waals surface area contributed by atoms with E-state index in [9.17, 15) is 24.3 Å². The number of carboxylic acids is 1. The minimum atomic E-state index is -1.19. The third-order valence-corrected chi connectivity index (χ3v) is 9.63. The zero-order valence-corrected chi connectivity index (χ0v) is 27.0. The number of pyridine rings is 1. The Hall–Kier alpha value is -4.19. The standard InChI is InChI=1S/C17H25N3O4.C16H16N2O2S/c1-19-9-5-3-2-4-7-12-11-17(12,15(22)23)18-14(21)13-8-6-10-20(13)16(19)24;1-9(2)14-8-21-16(18-14)13-7-15(19)11-5-4-10(20-3)6-12(11)17-13/h4,7,12-13H,2-3,5-6,8-11H2,1H3,(H,18,21)(H,22,23);4-9H,1-3H3,(H,17,19)/b7-4-;/t12-,13+,17-;/m1./s1. The Balaban J connectivity index is 0.000000179. The minimum Gasteiger partial charge on any atom is -0.497 e. The van der Waals surface area contributed by atoms with Crippen LogP contribution in [0.4, 0.5) is 4.79 Å². The van der Waals surface area contributed by atoms with Gasteiger partial charge in [0.1, 0.15) is 22.3 Å². The second-order valence-electron chi connectivity index (χ2n) is 12.2. The number of nitrogens with one attached hydrogen (secondary N) is 2. The van der Waals surface area contributed by atoms with Crippen LogP contribution in [0.5, 0.6) is 5.75 Å². The Bertz CT molecular complexity index is 1660. The number of thiazole rings is 1. The zero-order chi connectivity index (χ0) is 32.3. The van der Waals surface area contributed by atoms with Crippen molar-refractivity contribution in [2.24, 2.45) is 5.92 Å². The van der Waals surface area contributed by atoms with E-state index >= 15 is 0 Å². The van der Waals surface area contributed by atoms with Gasteiger partial charge in [0.2, 0.25) is 5.91 Å². The maximum absolute atomic E-state index is 12.7. The van der Waals surface area contributed by atoms with Crippen molar-refractivity contribution in [3.63, 3.8) is 0 Å². The van der Waals surface area contributed by atoms with Gasteiger partial charge < -0.3 is 29.9 Å². The first-order valence-electron chi connectivity index (χ1n) is 15.4. The summed E-state index contributed by atoms with van der Waals surface area (Å²) >= 11 is 1.55. The van der Waals surface area contributed by atoms with Gasteiger partial charge in [0.05, 0.1) is 24.0 Å². The number of carboxylic acid groups (broad SMARTS) is 1. The molecule has 0 unspecified atom stereocenters. The number of urea groups is 1. The van der Waals surface area contributed by atoms with E-state index in [1.165, 1.54) is 0 Å². The van der Waals surface area contributed by atoms with Gasteiger partial charge in [-0.25, -0.2) is 14.6 Å². The monoisotopic (exact) mass is 635 g/mol. The van der Waals surface area contributed by atoms with Crippen LogP contribution in [-0.2, 0) is 9.59 Å². The van der Waals surface area contributed by atoms with Crippen LogP contribution in [0.2, 0.25) is 0 Å². The third kappa shape index (κ3) is 6.90. The van der Waals surface area contributed by atoms with Crippen LogP contribution in [-0.4, -0.2) is 81.6 Å². The number of allylic oxidation sites excluding steroid dienone is 1. The van der Waals surface area contributed by atoms with Gasteiger partial charge in [0.15, 0.2) is 5.43 Å². The molecule has 3 aliphatic rings. The molecule has 2 fully saturated rings. The van der Waals surface area contributed by atoms with Gasteiger partial charge in [0.25, 0.3) is 0 Å². The SMILES string of the molecule is CN1CCCC/C=C\[C@@H]2C[C@@]2(C(=O)O)NC(=O)[C@@H]2CCCN2C1=O.COc1ccc2c(=O)cc(-c3nc(C(C)C)cs3)[nH]c2c1. The zero-order valence-electron chi connectivity index (χ0n) is 26.2. The summed E-state index contributed by atoms with van der Waals surface area (Å²) in [6.45, 7) is 5.42. The number of methoxy groups -OCH3 is 1. The maximum atomic E-state index is 12.7. The molecule has 0 spiro atoms. The van der Waals surface area contributed by atoms with Crippen LogP contribution in [0.25, 0.3) is 21.6 Å². The highest BCUT2D eigenvalue weighted by Crippen LogP contribution is 2.45. The van der Waals surface area contributed by atoms with Gasteiger partial charge in [-0.05, 0) is 56.6 Å². The van der Waals surface area contributed by atoms with Crippen LogP contribution < -0.4 is 15.5 Å². The number of rotatable bonds is 4. The van der Waals surface area contributed by atoms with Crippen molar-refractivity contribution < 1.29 is 24.2 Å². The highest BCUT2D eigenvalue weighted by molar-refractivity contribution is 7.13. The largest absolute Gasteiger partial charge is 0.497 e. The quantitative estimate of drug-likeness (QED) is 0.343. The number of aromatic nitrogens is 2. The van der Waals surface area contributed by atoms with Gasteiger partial charge in [-0.3, -0.25) is 9.59 Å². The molecule has 1 aliphatic carbocycles. The van der Waals surface area contributed by atoms with Crippen LogP contribution >= 0.6 is 11.3 Å². The number of fused-ring (bicyclic) bond motifs is 3. The molecule has 4 heterocycles. The van der Waals surface area contributed by atoms with Gasteiger partial charge in [-0.2, -0.15) is 0 Å². The molecule has 1 aromatic carbocycles. The number of hydrogen-bond donors (Lipinski definition) is 3. The molecule has 1 saturated heterocycles. The molecule has 3 atom stereocenters. The average Bonchev–Trinajstić information content (AvgIpc) is 3.35. The highest BCUT2D eigenvalue weighted by atomic mass is 32.1. The van der Waals surface area contributed by atoms with Crippen LogP contribution in [0.15, 0.2) is 46.6 Å². The van der Waals surface area contributed by atoms with Crippen LogP contribution in [0, 0.1) is 5.92 Å². The van der Waals surface area contributed by atoms with E-state index in [1.54, 1.807) is 53.5 Å². The van der Waals surface area contributed by atoms with E-state index in [4.69, 9.17) is 4.74 Å². The maximum Gasteiger partial charge on any atom is 0.330 e. The highest BCUT2D eigenvalue weighted by Gasteiger charge is 2.61. The predicted molar refractivity (Wildman–Crippen MR) is 174 cm³/mol. The van der Waals surface area contributed by atoms with Crippen molar-refractivity contribution in [1.82, 2.24) is 25.1 Å².